The zero-order chi connectivity index (χ0) is 9.84. The molecule has 0 saturated carbocycles. The van der Waals surface area contributed by atoms with Gasteiger partial charge in [0.2, 0.25) is 5.88 Å². The van der Waals surface area contributed by atoms with Crippen molar-refractivity contribution >= 4 is 0 Å². The number of ether oxygens (including phenoxy) is 2. The predicted molar refractivity (Wildman–Crippen MR) is 42.3 cm³/mol. The number of alkyl halides is 2. The number of methoxy groups -OCH3 is 2. The van der Waals surface area contributed by atoms with Gasteiger partial charge in [-0.15, -0.1) is 0 Å². The van der Waals surface area contributed by atoms with Crippen molar-refractivity contribution in [3.05, 3.63) is 17.8 Å². The smallest absolute Gasteiger partial charge is 0.268 e. The van der Waals surface area contributed by atoms with Crippen LogP contribution in [0.25, 0.3) is 0 Å². The molecule has 0 fully saturated rings. The number of rotatable bonds is 3. The minimum absolute atomic E-state index is 0.0850. The normalized spacial score (nSPS) is 10.2. The third-order valence-corrected chi connectivity index (χ3v) is 1.53. The molecule has 0 unspecified atom stereocenters. The number of pyridine rings is 1. The van der Waals surface area contributed by atoms with Gasteiger partial charge in [-0.05, 0) is 0 Å². The number of hydrogen-bond donors (Lipinski definition) is 0. The van der Waals surface area contributed by atoms with Gasteiger partial charge in [0, 0.05) is 12.3 Å². The Morgan fingerprint density at radius 3 is 2.46 bits per heavy atom. The van der Waals surface area contributed by atoms with Gasteiger partial charge in [-0.25, -0.2) is 13.8 Å². The molecule has 0 atom stereocenters. The molecule has 0 aromatic carbocycles. The quantitative estimate of drug-likeness (QED) is 0.729. The summed E-state index contributed by atoms with van der Waals surface area (Å²) in [5.41, 5.74) is -0.233. The number of aromatic nitrogens is 1. The first-order valence-electron chi connectivity index (χ1n) is 3.55. The van der Waals surface area contributed by atoms with Crippen molar-refractivity contribution in [3.63, 3.8) is 0 Å². The average Bonchev–Trinajstić information content (AvgIpc) is 2.16. The summed E-state index contributed by atoms with van der Waals surface area (Å²) < 4.78 is 34.1. The van der Waals surface area contributed by atoms with Crippen LogP contribution in [0, 0.1) is 0 Å². The minimum Gasteiger partial charge on any atom is -0.496 e. The molecule has 3 nitrogen and oxygen atoms in total. The highest BCUT2D eigenvalue weighted by Crippen LogP contribution is 2.30. The Hall–Kier alpha value is -1.39. The molecule has 0 bridgehead atoms. The molecule has 1 aromatic rings. The Morgan fingerprint density at radius 1 is 1.31 bits per heavy atom. The van der Waals surface area contributed by atoms with E-state index < -0.39 is 6.43 Å². The average molecular weight is 189 g/mol. The van der Waals surface area contributed by atoms with Gasteiger partial charge in [-0.1, -0.05) is 0 Å². The highest BCUT2D eigenvalue weighted by atomic mass is 19.3. The Kier molecular flexibility index (Phi) is 3.00. The van der Waals surface area contributed by atoms with Crippen LogP contribution in [-0.4, -0.2) is 19.2 Å². The maximum absolute atomic E-state index is 12.3. The molecule has 0 aliphatic rings. The summed E-state index contributed by atoms with van der Waals surface area (Å²) in [5.74, 6) is 0.336. The largest absolute Gasteiger partial charge is 0.496 e. The third kappa shape index (κ3) is 2.05. The van der Waals surface area contributed by atoms with Crippen molar-refractivity contribution in [1.29, 1.82) is 0 Å². The van der Waals surface area contributed by atoms with Crippen molar-refractivity contribution in [1.82, 2.24) is 4.98 Å². The maximum atomic E-state index is 12.3. The van der Waals surface area contributed by atoms with Crippen LogP contribution in [0.2, 0.25) is 0 Å². The van der Waals surface area contributed by atoms with Gasteiger partial charge in [0.1, 0.15) is 5.75 Å². The second-order valence-corrected chi connectivity index (χ2v) is 2.27. The van der Waals surface area contributed by atoms with Crippen molar-refractivity contribution < 1.29 is 18.3 Å². The molecule has 0 radical (unpaired) electrons. The lowest BCUT2D eigenvalue weighted by atomic mass is 10.2. The monoisotopic (exact) mass is 189 g/mol. The van der Waals surface area contributed by atoms with Gasteiger partial charge in [0.05, 0.1) is 19.8 Å². The number of halogens is 2. The summed E-state index contributed by atoms with van der Waals surface area (Å²) in [6.45, 7) is 0. The van der Waals surface area contributed by atoms with E-state index in [0.29, 0.717) is 0 Å². The van der Waals surface area contributed by atoms with E-state index >= 15 is 0 Å². The van der Waals surface area contributed by atoms with Gasteiger partial charge >= 0.3 is 0 Å². The van der Waals surface area contributed by atoms with Crippen LogP contribution in [0.3, 0.4) is 0 Å². The van der Waals surface area contributed by atoms with Crippen LogP contribution >= 0.6 is 0 Å². The molecule has 1 aromatic heterocycles. The van der Waals surface area contributed by atoms with Gasteiger partial charge in [0.25, 0.3) is 6.43 Å². The fraction of sp³-hybridized carbons (Fsp3) is 0.375. The molecular weight excluding hydrogens is 180 g/mol. The lowest BCUT2D eigenvalue weighted by Gasteiger charge is -2.07. The lowest BCUT2D eigenvalue weighted by molar-refractivity contribution is 0.146. The Bertz CT molecular complexity index is 291. The topological polar surface area (TPSA) is 31.4 Å². The van der Waals surface area contributed by atoms with Gasteiger partial charge in [-0.3, -0.25) is 0 Å². The molecule has 0 aliphatic carbocycles. The zero-order valence-electron chi connectivity index (χ0n) is 7.25. The SMILES string of the molecule is COc1cc(OC)c(C(F)F)cn1. The summed E-state index contributed by atoms with van der Waals surface area (Å²) in [5, 5.41) is 0. The minimum atomic E-state index is -2.59. The van der Waals surface area contributed by atoms with Crippen molar-refractivity contribution in [2.45, 2.75) is 6.43 Å². The Morgan fingerprint density at radius 2 is 2.00 bits per heavy atom. The summed E-state index contributed by atoms with van der Waals surface area (Å²) in [4.78, 5) is 3.64. The molecule has 1 rings (SSSR count). The number of nitrogens with zero attached hydrogens (tertiary/aromatic N) is 1. The zero-order valence-corrected chi connectivity index (χ0v) is 7.25. The first kappa shape index (κ1) is 9.70. The van der Waals surface area contributed by atoms with Gasteiger partial charge in [-0.2, -0.15) is 0 Å². The van der Waals surface area contributed by atoms with E-state index in [4.69, 9.17) is 9.47 Å². The summed E-state index contributed by atoms with van der Waals surface area (Å²) in [7, 11) is 2.73. The first-order valence-corrected chi connectivity index (χ1v) is 3.55. The van der Waals surface area contributed by atoms with E-state index in [1.54, 1.807) is 0 Å². The van der Waals surface area contributed by atoms with E-state index in [2.05, 4.69) is 4.98 Å². The van der Waals surface area contributed by atoms with Crippen LogP contribution < -0.4 is 9.47 Å². The molecule has 0 saturated heterocycles. The number of hydrogen-bond acceptors (Lipinski definition) is 3. The highest BCUT2D eigenvalue weighted by Gasteiger charge is 2.14. The van der Waals surface area contributed by atoms with Crippen molar-refractivity contribution in [2.75, 3.05) is 14.2 Å². The third-order valence-electron chi connectivity index (χ3n) is 1.53. The molecule has 13 heavy (non-hydrogen) atoms. The molecule has 1 heterocycles. The molecule has 0 aliphatic heterocycles. The fourth-order valence-electron chi connectivity index (χ4n) is 0.882. The predicted octanol–water partition coefficient (Wildman–Crippen LogP) is 2.04. The second-order valence-electron chi connectivity index (χ2n) is 2.27. The van der Waals surface area contributed by atoms with E-state index in [9.17, 15) is 8.78 Å². The van der Waals surface area contributed by atoms with Crippen molar-refractivity contribution in [3.8, 4) is 11.6 Å². The maximum Gasteiger partial charge on any atom is 0.268 e. The molecule has 72 valence electrons. The first-order chi connectivity index (χ1) is 6.19. The summed E-state index contributed by atoms with van der Waals surface area (Å²) >= 11 is 0. The van der Waals surface area contributed by atoms with E-state index in [0.717, 1.165) is 6.20 Å². The van der Waals surface area contributed by atoms with Gasteiger partial charge in [0.15, 0.2) is 0 Å². The molecule has 0 spiro atoms. The van der Waals surface area contributed by atoms with Crippen molar-refractivity contribution in [2.24, 2.45) is 0 Å². The Balaban J connectivity index is 3.08. The lowest BCUT2D eigenvalue weighted by Crippen LogP contribution is -1.96. The van der Waals surface area contributed by atoms with Crippen LogP contribution in [-0.2, 0) is 0 Å². The standard InChI is InChI=1S/C8H9F2NO2/c1-12-6-3-7(13-2)11-4-5(6)8(9)10/h3-4,8H,1-2H3. The molecule has 5 heteroatoms. The molecular formula is C8H9F2NO2. The fourth-order valence-corrected chi connectivity index (χ4v) is 0.882. The molecule has 0 amide bonds. The second kappa shape index (κ2) is 4.02. The van der Waals surface area contributed by atoms with E-state index in [1.807, 2.05) is 0 Å². The van der Waals surface area contributed by atoms with Crippen LogP contribution in [0.15, 0.2) is 12.3 Å². The summed E-state index contributed by atoms with van der Waals surface area (Å²) in [6, 6.07) is 1.32. The van der Waals surface area contributed by atoms with E-state index in [-0.39, 0.29) is 17.2 Å². The Labute approximate surface area is 74.3 Å². The highest BCUT2D eigenvalue weighted by molar-refractivity contribution is 5.36. The van der Waals surface area contributed by atoms with E-state index in [1.165, 1.54) is 20.3 Å². The van der Waals surface area contributed by atoms with Crippen LogP contribution in [0.5, 0.6) is 11.6 Å². The molecule has 0 N–H and O–H groups in total. The van der Waals surface area contributed by atoms with Crippen LogP contribution in [0.4, 0.5) is 8.78 Å². The van der Waals surface area contributed by atoms with Crippen LogP contribution in [0.1, 0.15) is 12.0 Å². The van der Waals surface area contributed by atoms with Gasteiger partial charge < -0.3 is 9.47 Å². The summed E-state index contributed by atoms with van der Waals surface area (Å²) in [6.07, 6.45) is -1.55.